The smallest absolute Gasteiger partial charge is 0.305 e. The topological polar surface area (TPSA) is 95.1 Å². The fourth-order valence-electron chi connectivity index (χ4n) is 1.73. The van der Waals surface area contributed by atoms with Crippen LogP contribution in [0.25, 0.3) is 0 Å². The molecule has 6 nitrogen and oxygen atoms in total. The van der Waals surface area contributed by atoms with Gasteiger partial charge in [0.05, 0.1) is 12.5 Å². The van der Waals surface area contributed by atoms with Gasteiger partial charge in [0.1, 0.15) is 5.69 Å². The Morgan fingerprint density at radius 2 is 2.00 bits per heavy atom. The number of nitrogens with one attached hydrogen (secondary N) is 2. The minimum atomic E-state index is -0.973. The molecule has 0 radical (unpaired) electrons. The van der Waals surface area contributed by atoms with Crippen molar-refractivity contribution in [3.63, 3.8) is 0 Å². The zero-order valence-corrected chi connectivity index (χ0v) is 10.0. The Morgan fingerprint density at radius 3 is 2.58 bits per heavy atom. The highest BCUT2D eigenvalue weighted by molar-refractivity contribution is 5.92. The van der Waals surface area contributed by atoms with Gasteiger partial charge in [-0.1, -0.05) is 30.3 Å². The van der Waals surface area contributed by atoms with Crippen molar-refractivity contribution in [2.75, 3.05) is 0 Å². The van der Waals surface area contributed by atoms with E-state index in [0.717, 1.165) is 5.56 Å². The van der Waals surface area contributed by atoms with Crippen LogP contribution in [0.15, 0.2) is 42.6 Å². The van der Waals surface area contributed by atoms with Crippen LogP contribution >= 0.6 is 0 Å². The number of carbonyl (C=O) groups excluding carboxylic acids is 1. The lowest BCUT2D eigenvalue weighted by Crippen LogP contribution is -2.30. The van der Waals surface area contributed by atoms with Crippen LogP contribution in [-0.4, -0.2) is 27.2 Å². The molecule has 1 unspecified atom stereocenters. The minimum absolute atomic E-state index is 0.177. The van der Waals surface area contributed by atoms with E-state index in [-0.39, 0.29) is 12.3 Å². The molecule has 0 aliphatic rings. The number of aliphatic carboxylic acids is 1. The van der Waals surface area contributed by atoms with Crippen molar-refractivity contribution in [2.45, 2.75) is 12.5 Å². The summed E-state index contributed by atoms with van der Waals surface area (Å²) >= 11 is 0. The van der Waals surface area contributed by atoms with Crippen LogP contribution in [0.3, 0.4) is 0 Å². The molecule has 0 aliphatic heterocycles. The number of nitrogens with zero attached hydrogens (tertiary/aromatic N) is 1. The van der Waals surface area contributed by atoms with Gasteiger partial charge in [0.25, 0.3) is 5.91 Å². The lowest BCUT2D eigenvalue weighted by Gasteiger charge is -2.16. The SMILES string of the molecule is O=C(O)CC(NC(=O)c1ccn[nH]1)c1ccccc1. The Morgan fingerprint density at radius 1 is 1.26 bits per heavy atom. The second kappa shape index (κ2) is 5.81. The Hall–Kier alpha value is -2.63. The summed E-state index contributed by atoms with van der Waals surface area (Å²) in [5.74, 6) is -1.36. The highest BCUT2D eigenvalue weighted by Gasteiger charge is 2.19. The third-order valence-corrected chi connectivity index (χ3v) is 2.63. The maximum atomic E-state index is 11.9. The number of H-pyrrole nitrogens is 1. The largest absolute Gasteiger partial charge is 0.481 e. The average Bonchev–Trinajstić information content (AvgIpc) is 2.92. The van der Waals surface area contributed by atoms with E-state index < -0.39 is 12.0 Å². The number of amides is 1. The van der Waals surface area contributed by atoms with Gasteiger partial charge >= 0.3 is 5.97 Å². The summed E-state index contributed by atoms with van der Waals surface area (Å²) < 4.78 is 0. The number of carboxylic acid groups (broad SMARTS) is 1. The molecule has 1 aromatic heterocycles. The maximum Gasteiger partial charge on any atom is 0.305 e. The van der Waals surface area contributed by atoms with Crippen LogP contribution in [0.2, 0.25) is 0 Å². The van der Waals surface area contributed by atoms with Crippen molar-refractivity contribution >= 4 is 11.9 Å². The van der Waals surface area contributed by atoms with Crippen LogP contribution in [0.1, 0.15) is 28.5 Å². The fraction of sp³-hybridized carbons (Fsp3) is 0.154. The van der Waals surface area contributed by atoms with Crippen molar-refractivity contribution in [3.8, 4) is 0 Å². The maximum absolute atomic E-state index is 11.9. The zero-order chi connectivity index (χ0) is 13.7. The molecule has 1 heterocycles. The first kappa shape index (κ1) is 12.8. The lowest BCUT2D eigenvalue weighted by atomic mass is 10.0. The number of hydrogen-bond acceptors (Lipinski definition) is 3. The second-order valence-electron chi connectivity index (χ2n) is 4.00. The van der Waals surface area contributed by atoms with E-state index >= 15 is 0 Å². The normalized spacial score (nSPS) is 11.8. The quantitative estimate of drug-likeness (QED) is 0.755. The van der Waals surface area contributed by atoms with E-state index in [9.17, 15) is 9.59 Å². The number of benzene rings is 1. The molecule has 0 bridgehead atoms. The predicted octanol–water partition coefficient (Wildman–Crippen LogP) is 1.36. The molecule has 0 saturated heterocycles. The summed E-state index contributed by atoms with van der Waals surface area (Å²) in [7, 11) is 0. The summed E-state index contributed by atoms with van der Waals surface area (Å²) in [5.41, 5.74) is 1.05. The lowest BCUT2D eigenvalue weighted by molar-refractivity contribution is -0.137. The van der Waals surface area contributed by atoms with Crippen molar-refractivity contribution < 1.29 is 14.7 Å². The summed E-state index contributed by atoms with van der Waals surface area (Å²) in [6, 6.07) is 9.94. The van der Waals surface area contributed by atoms with Crippen molar-refractivity contribution in [1.82, 2.24) is 15.5 Å². The molecule has 3 N–H and O–H groups in total. The molecule has 19 heavy (non-hydrogen) atoms. The number of carboxylic acids is 1. The van der Waals surface area contributed by atoms with Crippen LogP contribution in [-0.2, 0) is 4.79 Å². The number of aromatic amines is 1. The van der Waals surface area contributed by atoms with Gasteiger partial charge < -0.3 is 10.4 Å². The molecule has 6 heteroatoms. The summed E-state index contributed by atoms with van der Waals surface area (Å²) in [4.78, 5) is 22.8. The van der Waals surface area contributed by atoms with Crippen molar-refractivity contribution in [2.24, 2.45) is 0 Å². The van der Waals surface area contributed by atoms with Gasteiger partial charge in [-0.05, 0) is 11.6 Å². The Labute approximate surface area is 109 Å². The van der Waals surface area contributed by atoms with Gasteiger partial charge in [-0.15, -0.1) is 0 Å². The van der Waals surface area contributed by atoms with Gasteiger partial charge in [-0.25, -0.2) is 0 Å². The van der Waals surface area contributed by atoms with Gasteiger partial charge in [0.2, 0.25) is 0 Å². The van der Waals surface area contributed by atoms with Crippen LogP contribution < -0.4 is 5.32 Å². The number of rotatable bonds is 5. The van der Waals surface area contributed by atoms with Crippen molar-refractivity contribution in [1.29, 1.82) is 0 Å². The number of carbonyl (C=O) groups is 2. The third kappa shape index (κ3) is 3.41. The molecule has 1 aromatic carbocycles. The Kier molecular flexibility index (Phi) is 3.92. The third-order valence-electron chi connectivity index (χ3n) is 2.63. The highest BCUT2D eigenvalue weighted by atomic mass is 16.4. The molecule has 0 fully saturated rings. The van der Waals surface area contributed by atoms with E-state index in [1.54, 1.807) is 24.3 Å². The summed E-state index contributed by atoms with van der Waals surface area (Å²) in [5, 5.41) is 17.8. The van der Waals surface area contributed by atoms with Gasteiger partial charge in [0, 0.05) is 6.20 Å². The van der Waals surface area contributed by atoms with Gasteiger partial charge in [-0.3, -0.25) is 14.7 Å². The molecule has 1 amide bonds. The molecule has 2 rings (SSSR count). The van der Waals surface area contributed by atoms with E-state index in [4.69, 9.17) is 5.11 Å². The molecule has 0 spiro atoms. The molecular weight excluding hydrogens is 246 g/mol. The van der Waals surface area contributed by atoms with Crippen LogP contribution in [0, 0.1) is 0 Å². The van der Waals surface area contributed by atoms with Crippen molar-refractivity contribution in [3.05, 3.63) is 53.9 Å². The van der Waals surface area contributed by atoms with E-state index in [1.165, 1.54) is 12.3 Å². The molecule has 0 saturated carbocycles. The zero-order valence-electron chi connectivity index (χ0n) is 10.0. The number of hydrogen-bond donors (Lipinski definition) is 3. The van der Waals surface area contributed by atoms with Gasteiger partial charge in [0.15, 0.2) is 0 Å². The second-order valence-corrected chi connectivity index (χ2v) is 4.00. The van der Waals surface area contributed by atoms with Gasteiger partial charge in [-0.2, -0.15) is 5.10 Å². The molecule has 0 aliphatic carbocycles. The minimum Gasteiger partial charge on any atom is -0.481 e. The standard InChI is InChI=1S/C13H13N3O3/c17-12(18)8-11(9-4-2-1-3-5-9)15-13(19)10-6-7-14-16-10/h1-7,11H,8H2,(H,14,16)(H,15,19)(H,17,18). The Balaban J connectivity index is 2.15. The molecule has 98 valence electrons. The van der Waals surface area contributed by atoms with E-state index in [0.29, 0.717) is 5.69 Å². The van der Waals surface area contributed by atoms with Crippen LogP contribution in [0.4, 0.5) is 0 Å². The summed E-state index contributed by atoms with van der Waals surface area (Å²) in [6.45, 7) is 0. The summed E-state index contributed by atoms with van der Waals surface area (Å²) in [6.07, 6.45) is 1.29. The first-order valence-electron chi connectivity index (χ1n) is 5.74. The molecular formula is C13H13N3O3. The average molecular weight is 259 g/mol. The first-order valence-corrected chi connectivity index (χ1v) is 5.74. The van der Waals surface area contributed by atoms with Crippen LogP contribution in [0.5, 0.6) is 0 Å². The molecule has 2 aromatic rings. The van der Waals surface area contributed by atoms with E-state index in [1.807, 2.05) is 6.07 Å². The fourth-order valence-corrected chi connectivity index (χ4v) is 1.73. The molecule has 1 atom stereocenters. The predicted molar refractivity (Wildman–Crippen MR) is 67.5 cm³/mol. The highest BCUT2D eigenvalue weighted by Crippen LogP contribution is 2.17. The first-order chi connectivity index (χ1) is 9.16. The number of aromatic nitrogens is 2. The monoisotopic (exact) mass is 259 g/mol. The Bertz CT molecular complexity index is 552. The van der Waals surface area contributed by atoms with E-state index in [2.05, 4.69) is 15.5 Å².